The van der Waals surface area contributed by atoms with E-state index in [2.05, 4.69) is 5.32 Å². The lowest BCUT2D eigenvalue weighted by molar-refractivity contribution is -0.119. The van der Waals surface area contributed by atoms with Gasteiger partial charge in [-0.1, -0.05) is 0 Å². The van der Waals surface area contributed by atoms with Crippen molar-refractivity contribution in [3.05, 3.63) is 0 Å². The van der Waals surface area contributed by atoms with Crippen LogP contribution in [0.3, 0.4) is 0 Å². The Kier molecular flexibility index (Phi) is 1.48. The zero-order valence-electron chi connectivity index (χ0n) is 4.68. The lowest BCUT2D eigenvalue weighted by Crippen LogP contribution is -2.36. The average molecular weight is 116 g/mol. The molecular formula is C5H12N2O. The van der Waals surface area contributed by atoms with Gasteiger partial charge in [-0.25, -0.2) is 0 Å². The van der Waals surface area contributed by atoms with Gasteiger partial charge in [0.1, 0.15) is 0 Å². The van der Waals surface area contributed by atoms with E-state index in [1.165, 1.54) is 0 Å². The average Bonchev–Trinajstić information content (AvgIpc) is 2.12. The van der Waals surface area contributed by atoms with Crippen LogP contribution < -0.4 is 11.1 Å². The summed E-state index contributed by atoms with van der Waals surface area (Å²) in [6.45, 7) is 0.938. The third-order valence-corrected chi connectivity index (χ3v) is 1.40. The van der Waals surface area contributed by atoms with Crippen LogP contribution in [-0.4, -0.2) is 18.5 Å². The number of rotatable bonds is 1. The van der Waals surface area contributed by atoms with Crippen LogP contribution in [-0.2, 0) is 4.79 Å². The zero-order valence-corrected chi connectivity index (χ0v) is 4.68. The first-order valence-electron chi connectivity index (χ1n) is 2.83. The van der Waals surface area contributed by atoms with Crippen LogP contribution in [0.15, 0.2) is 0 Å². The summed E-state index contributed by atoms with van der Waals surface area (Å²) in [6.07, 6.45) is 1.99. The Morgan fingerprint density at radius 2 is 2.62 bits per heavy atom. The summed E-state index contributed by atoms with van der Waals surface area (Å²) >= 11 is 0. The quantitative estimate of drug-likeness (QED) is 0.484. The highest BCUT2D eigenvalue weighted by atomic mass is 16.1. The number of primary amides is 1. The van der Waals surface area contributed by atoms with E-state index in [-0.39, 0.29) is 13.4 Å². The molecule has 0 aromatic heterocycles. The number of nitrogens with one attached hydrogen (secondary N) is 1. The molecule has 0 unspecified atom stereocenters. The molecule has 3 heteroatoms. The molecule has 48 valence electrons. The van der Waals surface area contributed by atoms with Crippen LogP contribution in [0.2, 0.25) is 0 Å². The molecule has 1 aliphatic heterocycles. The van der Waals surface area contributed by atoms with Gasteiger partial charge in [0.05, 0.1) is 6.04 Å². The topological polar surface area (TPSA) is 55.1 Å². The first-order chi connectivity index (χ1) is 3.80. The van der Waals surface area contributed by atoms with Crippen molar-refractivity contribution in [2.75, 3.05) is 6.54 Å². The molecule has 0 bridgehead atoms. The molecule has 1 heterocycles. The summed E-state index contributed by atoms with van der Waals surface area (Å²) in [4.78, 5) is 10.4. The Balaban J connectivity index is 0.000000640. The number of amides is 1. The first kappa shape index (κ1) is 5.56. The monoisotopic (exact) mass is 116 g/mol. The molecule has 1 rings (SSSR count). The van der Waals surface area contributed by atoms with Crippen LogP contribution in [0, 0.1) is 0 Å². The Hall–Kier alpha value is -0.570. The van der Waals surface area contributed by atoms with Crippen LogP contribution in [0.25, 0.3) is 0 Å². The Bertz CT molecular complexity index is 101. The third-order valence-electron chi connectivity index (χ3n) is 1.40. The molecule has 0 spiro atoms. The number of nitrogens with two attached hydrogens (primary N) is 1. The Morgan fingerprint density at radius 3 is 2.88 bits per heavy atom. The predicted molar refractivity (Wildman–Crippen MR) is 32.3 cm³/mol. The second-order valence-electron chi connectivity index (χ2n) is 2.05. The fourth-order valence-corrected chi connectivity index (χ4v) is 0.927. The van der Waals surface area contributed by atoms with Crippen molar-refractivity contribution in [1.82, 2.24) is 5.32 Å². The molecule has 1 amide bonds. The van der Waals surface area contributed by atoms with Crippen LogP contribution in [0.5, 0.6) is 0 Å². The molecule has 0 saturated carbocycles. The standard InChI is InChI=1S/C5H10N2O.H2/c6-5(8)4-2-1-3-7-4;/h4,7H,1-3H2,(H2,6,8);1H/t4-;/m1./s1. The van der Waals surface area contributed by atoms with Crippen molar-refractivity contribution in [3.8, 4) is 0 Å². The van der Waals surface area contributed by atoms with Crippen LogP contribution in [0.4, 0.5) is 0 Å². The van der Waals surface area contributed by atoms with Gasteiger partial charge >= 0.3 is 0 Å². The lowest BCUT2D eigenvalue weighted by atomic mass is 10.2. The maximum absolute atomic E-state index is 10.4. The second-order valence-corrected chi connectivity index (χ2v) is 2.05. The molecule has 1 atom stereocenters. The summed E-state index contributed by atoms with van der Waals surface area (Å²) in [5.41, 5.74) is 5.00. The molecular weight excluding hydrogens is 104 g/mol. The van der Waals surface area contributed by atoms with Gasteiger partial charge in [-0.15, -0.1) is 0 Å². The SMILES string of the molecule is NC(=O)[C@H]1CCCN1.[HH]. The van der Waals surface area contributed by atoms with E-state index < -0.39 is 0 Å². The molecule has 0 aliphatic carbocycles. The van der Waals surface area contributed by atoms with E-state index in [4.69, 9.17) is 5.73 Å². The van der Waals surface area contributed by atoms with Crippen molar-refractivity contribution in [2.45, 2.75) is 18.9 Å². The van der Waals surface area contributed by atoms with Gasteiger partial charge in [-0.3, -0.25) is 4.79 Å². The summed E-state index contributed by atoms with van der Waals surface area (Å²) in [5.74, 6) is -0.220. The maximum atomic E-state index is 10.4. The minimum Gasteiger partial charge on any atom is -0.368 e. The molecule has 1 aliphatic rings. The van der Waals surface area contributed by atoms with Crippen molar-refractivity contribution in [3.63, 3.8) is 0 Å². The van der Waals surface area contributed by atoms with E-state index in [1.54, 1.807) is 0 Å². The van der Waals surface area contributed by atoms with Gasteiger partial charge in [0, 0.05) is 1.43 Å². The predicted octanol–water partition coefficient (Wildman–Crippen LogP) is -0.530. The first-order valence-corrected chi connectivity index (χ1v) is 2.83. The van der Waals surface area contributed by atoms with Crippen molar-refractivity contribution in [2.24, 2.45) is 5.73 Å². The highest BCUT2D eigenvalue weighted by Crippen LogP contribution is 2.02. The fourth-order valence-electron chi connectivity index (χ4n) is 0.927. The minimum absolute atomic E-state index is 0. The summed E-state index contributed by atoms with van der Waals surface area (Å²) in [5, 5.41) is 2.98. The number of carbonyl (C=O) groups excluding carboxylic acids is 1. The van der Waals surface area contributed by atoms with E-state index in [1.807, 2.05) is 0 Å². The molecule has 0 aromatic carbocycles. The molecule has 8 heavy (non-hydrogen) atoms. The summed E-state index contributed by atoms with van der Waals surface area (Å²) in [7, 11) is 0. The smallest absolute Gasteiger partial charge is 0.234 e. The number of hydrogen-bond donors (Lipinski definition) is 2. The third kappa shape index (κ3) is 0.980. The van der Waals surface area contributed by atoms with E-state index in [0.717, 1.165) is 19.4 Å². The maximum Gasteiger partial charge on any atom is 0.234 e. The molecule has 3 nitrogen and oxygen atoms in total. The van der Waals surface area contributed by atoms with Gasteiger partial charge in [-0.05, 0) is 19.4 Å². The van der Waals surface area contributed by atoms with Gasteiger partial charge < -0.3 is 11.1 Å². The number of hydrogen-bond acceptors (Lipinski definition) is 2. The van der Waals surface area contributed by atoms with E-state index >= 15 is 0 Å². The van der Waals surface area contributed by atoms with Gasteiger partial charge in [0.15, 0.2) is 0 Å². The largest absolute Gasteiger partial charge is 0.368 e. The number of carbonyl (C=O) groups is 1. The lowest BCUT2D eigenvalue weighted by Gasteiger charge is -2.01. The highest BCUT2D eigenvalue weighted by molar-refractivity contribution is 5.80. The van der Waals surface area contributed by atoms with Crippen molar-refractivity contribution in [1.29, 1.82) is 0 Å². The summed E-state index contributed by atoms with van der Waals surface area (Å²) in [6, 6.07) is -0.0463. The zero-order chi connectivity index (χ0) is 5.98. The summed E-state index contributed by atoms with van der Waals surface area (Å²) < 4.78 is 0. The van der Waals surface area contributed by atoms with Gasteiger partial charge in [0.2, 0.25) is 5.91 Å². The normalized spacial score (nSPS) is 28.2. The van der Waals surface area contributed by atoms with E-state index in [0.29, 0.717) is 0 Å². The molecule has 1 fully saturated rings. The Morgan fingerprint density at radius 1 is 1.88 bits per heavy atom. The van der Waals surface area contributed by atoms with Gasteiger partial charge in [-0.2, -0.15) is 0 Å². The van der Waals surface area contributed by atoms with Crippen LogP contribution >= 0.6 is 0 Å². The molecule has 3 N–H and O–H groups in total. The molecule has 0 aromatic rings. The second kappa shape index (κ2) is 2.13. The highest BCUT2D eigenvalue weighted by Gasteiger charge is 2.18. The van der Waals surface area contributed by atoms with Crippen LogP contribution in [0.1, 0.15) is 14.3 Å². The van der Waals surface area contributed by atoms with Gasteiger partial charge in [0.25, 0.3) is 0 Å². The molecule has 0 radical (unpaired) electrons. The van der Waals surface area contributed by atoms with Crippen molar-refractivity contribution >= 4 is 5.91 Å². The Labute approximate surface area is 49.7 Å². The van der Waals surface area contributed by atoms with Crippen molar-refractivity contribution < 1.29 is 6.22 Å². The minimum atomic E-state index is -0.220. The fraction of sp³-hybridized carbons (Fsp3) is 0.800. The molecule has 1 saturated heterocycles. The van der Waals surface area contributed by atoms with E-state index in [9.17, 15) is 4.79 Å².